The van der Waals surface area contributed by atoms with Crippen LogP contribution >= 0.6 is 22.7 Å². The fraction of sp³-hybridized carbons (Fsp3) is 0.345. The van der Waals surface area contributed by atoms with Crippen LogP contribution in [0.25, 0.3) is 20.3 Å². The predicted octanol–water partition coefficient (Wildman–Crippen LogP) is 6.14. The number of Topliss-reactive ketones (excluding diaryl/α,β-unsaturated/α-hetero) is 3. The van der Waals surface area contributed by atoms with Gasteiger partial charge in [-0.15, -0.1) is 22.7 Å². The maximum Gasteiger partial charge on any atom is 0.303 e. The Kier molecular flexibility index (Phi) is 9.49. The molecular weight excluding hydrogens is 554 g/mol. The summed E-state index contributed by atoms with van der Waals surface area (Å²) in [7, 11) is 3.13. The number of pyridine rings is 1. The topological polar surface area (TPSA) is 129 Å². The fourth-order valence-corrected chi connectivity index (χ4v) is 6.16. The summed E-state index contributed by atoms with van der Waals surface area (Å²) in [6.45, 7) is 1.85. The van der Waals surface area contributed by atoms with E-state index in [2.05, 4.69) is 0 Å². The zero-order valence-electron chi connectivity index (χ0n) is 22.4. The second kappa shape index (κ2) is 13.0. The highest BCUT2D eigenvalue weighted by atomic mass is 32.1. The van der Waals surface area contributed by atoms with Gasteiger partial charge in [-0.3, -0.25) is 14.4 Å². The molecule has 1 N–H and O–H groups in total. The molecule has 40 heavy (non-hydrogen) atoms. The second-order valence-corrected chi connectivity index (χ2v) is 11.3. The van der Waals surface area contributed by atoms with Crippen LogP contribution in [0.2, 0.25) is 0 Å². The van der Waals surface area contributed by atoms with Crippen molar-refractivity contribution in [2.75, 3.05) is 20.8 Å². The third-order valence-corrected chi connectivity index (χ3v) is 8.45. The van der Waals surface area contributed by atoms with E-state index in [9.17, 15) is 19.2 Å². The monoisotopic (exact) mass is 583 g/mol. The summed E-state index contributed by atoms with van der Waals surface area (Å²) in [5, 5.41) is 9.66. The van der Waals surface area contributed by atoms with Gasteiger partial charge in [-0.05, 0) is 43.4 Å². The van der Waals surface area contributed by atoms with E-state index >= 15 is 0 Å². The first-order valence-corrected chi connectivity index (χ1v) is 14.3. The van der Waals surface area contributed by atoms with Crippen molar-refractivity contribution in [3.05, 3.63) is 45.8 Å². The molecule has 3 heterocycles. The molecule has 0 aliphatic rings. The minimum atomic E-state index is -1.00. The highest BCUT2D eigenvalue weighted by Gasteiger charge is 2.17. The van der Waals surface area contributed by atoms with E-state index in [4.69, 9.17) is 24.3 Å². The molecule has 0 amide bonds. The van der Waals surface area contributed by atoms with E-state index in [0.717, 1.165) is 20.5 Å². The van der Waals surface area contributed by atoms with Gasteiger partial charge in [0.15, 0.2) is 23.1 Å². The molecule has 0 saturated heterocycles. The third kappa shape index (κ3) is 7.02. The molecule has 0 atom stereocenters. The van der Waals surface area contributed by atoms with Crippen LogP contribution < -0.4 is 14.2 Å². The van der Waals surface area contributed by atoms with Crippen molar-refractivity contribution in [1.29, 1.82) is 0 Å². The minimum absolute atomic E-state index is 0.0144. The Morgan fingerprint density at radius 2 is 1.45 bits per heavy atom. The van der Waals surface area contributed by atoms with Crippen molar-refractivity contribution >= 4 is 66.3 Å². The van der Waals surface area contributed by atoms with E-state index < -0.39 is 5.97 Å². The van der Waals surface area contributed by atoms with E-state index in [1.54, 1.807) is 26.4 Å². The molecule has 4 aromatic rings. The molecule has 9 nitrogen and oxygen atoms in total. The van der Waals surface area contributed by atoms with Gasteiger partial charge in [0.2, 0.25) is 0 Å². The zero-order valence-corrected chi connectivity index (χ0v) is 24.0. The van der Waals surface area contributed by atoms with Crippen LogP contribution in [-0.4, -0.2) is 54.2 Å². The summed E-state index contributed by atoms with van der Waals surface area (Å²) in [6.07, 6.45) is 1.37. The number of aryl methyl sites for hydroxylation is 1. The number of nitrogens with zero attached hydrogens (tertiary/aromatic N) is 1. The lowest BCUT2D eigenvalue weighted by molar-refractivity contribution is -0.137. The molecule has 0 aliphatic carbocycles. The Labute approximate surface area is 238 Å². The number of ketones is 3. The second-order valence-electron chi connectivity index (χ2n) is 9.18. The number of rotatable bonds is 15. The summed E-state index contributed by atoms with van der Waals surface area (Å²) in [6, 6.07) is 9.03. The predicted molar refractivity (Wildman–Crippen MR) is 154 cm³/mol. The molecule has 0 saturated carbocycles. The normalized spacial score (nSPS) is 11.1. The van der Waals surface area contributed by atoms with Crippen molar-refractivity contribution in [1.82, 2.24) is 4.98 Å². The summed E-state index contributed by atoms with van der Waals surface area (Å²) >= 11 is 2.64. The number of carboxylic acids is 1. The standard InChI is InChI=1S/C29H29NO8S2/c1-16(31)6-7-20(32)28-13-19-26(40-28)14-22(36-2)18(30-19)5-4-10-38-24-11-17-12-27(21(33)8-9-29(34)35)39-25(17)15-23(24)37-3/h11-15H,4-10H2,1-3H3,(H,34,35). The van der Waals surface area contributed by atoms with Gasteiger partial charge in [-0.25, -0.2) is 4.98 Å². The first kappa shape index (κ1) is 29.2. The lowest BCUT2D eigenvalue weighted by atomic mass is 10.1. The Hall–Kier alpha value is -3.83. The molecule has 3 aromatic heterocycles. The molecule has 0 bridgehead atoms. The highest BCUT2D eigenvalue weighted by Crippen LogP contribution is 2.37. The summed E-state index contributed by atoms with van der Waals surface area (Å²) in [4.78, 5) is 52.7. The lowest BCUT2D eigenvalue weighted by Crippen LogP contribution is -2.03. The smallest absolute Gasteiger partial charge is 0.303 e. The number of aliphatic carboxylic acids is 1. The number of fused-ring (bicyclic) bond motifs is 2. The third-order valence-electron chi connectivity index (χ3n) is 6.20. The van der Waals surface area contributed by atoms with Crippen molar-refractivity contribution < 1.29 is 38.5 Å². The minimum Gasteiger partial charge on any atom is -0.495 e. The number of methoxy groups -OCH3 is 2. The molecule has 0 unspecified atom stereocenters. The van der Waals surface area contributed by atoms with Crippen LogP contribution in [0.3, 0.4) is 0 Å². The number of aromatic nitrogens is 1. The van der Waals surface area contributed by atoms with Gasteiger partial charge in [0.05, 0.1) is 52.9 Å². The number of hydrogen-bond donors (Lipinski definition) is 1. The number of hydrogen-bond acceptors (Lipinski definition) is 10. The van der Waals surface area contributed by atoms with Gasteiger partial charge in [0.25, 0.3) is 0 Å². The molecule has 0 radical (unpaired) electrons. The first-order valence-electron chi connectivity index (χ1n) is 12.7. The average molecular weight is 584 g/mol. The van der Waals surface area contributed by atoms with Gasteiger partial charge in [0, 0.05) is 36.1 Å². The maximum atomic E-state index is 12.5. The molecule has 210 valence electrons. The van der Waals surface area contributed by atoms with Gasteiger partial charge in [-0.2, -0.15) is 0 Å². The number of carbonyl (C=O) groups excluding carboxylic acids is 3. The molecule has 1 aromatic carbocycles. The SMILES string of the molecule is COc1cc2sc(C(=O)CCC(=O)O)cc2cc1OCCCc1nc2cc(C(=O)CCC(C)=O)sc2cc1OC. The van der Waals surface area contributed by atoms with Gasteiger partial charge < -0.3 is 24.1 Å². The van der Waals surface area contributed by atoms with Crippen molar-refractivity contribution in [3.8, 4) is 17.2 Å². The highest BCUT2D eigenvalue weighted by molar-refractivity contribution is 7.21. The number of carboxylic acid groups (broad SMARTS) is 1. The van der Waals surface area contributed by atoms with E-state index in [1.165, 1.54) is 29.6 Å². The molecular formula is C29H29NO8S2. The van der Waals surface area contributed by atoms with Gasteiger partial charge in [-0.1, -0.05) is 0 Å². The average Bonchev–Trinajstić information content (AvgIpc) is 3.55. The maximum absolute atomic E-state index is 12.5. The molecule has 0 spiro atoms. The summed E-state index contributed by atoms with van der Waals surface area (Å²) < 4.78 is 18.8. The summed E-state index contributed by atoms with van der Waals surface area (Å²) in [5.41, 5.74) is 1.47. The van der Waals surface area contributed by atoms with Crippen molar-refractivity contribution in [2.45, 2.75) is 45.4 Å². The number of benzene rings is 1. The van der Waals surface area contributed by atoms with Crippen LogP contribution in [0, 0.1) is 0 Å². The molecule has 11 heteroatoms. The largest absolute Gasteiger partial charge is 0.495 e. The van der Waals surface area contributed by atoms with Crippen molar-refractivity contribution in [2.24, 2.45) is 0 Å². The molecule has 0 fully saturated rings. The fourth-order valence-electron chi connectivity index (χ4n) is 4.12. The van der Waals surface area contributed by atoms with Crippen molar-refractivity contribution in [3.63, 3.8) is 0 Å². The van der Waals surface area contributed by atoms with E-state index in [-0.39, 0.29) is 43.0 Å². The van der Waals surface area contributed by atoms with E-state index in [0.29, 0.717) is 52.0 Å². The Morgan fingerprint density at radius 3 is 2.12 bits per heavy atom. The summed E-state index contributed by atoms with van der Waals surface area (Å²) in [5.74, 6) is 0.419. The molecule has 0 aliphatic heterocycles. The zero-order chi connectivity index (χ0) is 28.8. The Bertz CT molecular complexity index is 1470. The van der Waals surface area contributed by atoms with Crippen LogP contribution in [0.15, 0.2) is 30.3 Å². The Balaban J connectivity index is 1.42. The Morgan fingerprint density at radius 1 is 0.800 bits per heavy atom. The first-order chi connectivity index (χ1) is 19.2. The van der Waals surface area contributed by atoms with Crippen LogP contribution in [-0.2, 0) is 16.0 Å². The van der Waals surface area contributed by atoms with Crippen LogP contribution in [0.5, 0.6) is 17.2 Å². The van der Waals surface area contributed by atoms with Crippen LogP contribution in [0.1, 0.15) is 64.1 Å². The molecule has 4 rings (SSSR count). The van der Waals surface area contributed by atoms with Gasteiger partial charge in [0.1, 0.15) is 11.5 Å². The number of ether oxygens (including phenoxy) is 3. The number of carbonyl (C=O) groups is 4. The van der Waals surface area contributed by atoms with Gasteiger partial charge >= 0.3 is 5.97 Å². The number of thiophene rings is 2. The van der Waals surface area contributed by atoms with Crippen LogP contribution in [0.4, 0.5) is 0 Å². The lowest BCUT2D eigenvalue weighted by Gasteiger charge is -2.12. The van der Waals surface area contributed by atoms with E-state index in [1.807, 2.05) is 18.2 Å². The quantitative estimate of drug-likeness (QED) is 0.130.